The van der Waals surface area contributed by atoms with E-state index in [0.717, 1.165) is 12.8 Å². The smallest absolute Gasteiger partial charge is 0.0468 e. The standard InChI is InChI=1S/C10H21N/c1-5-8-10(7-3)11-9(4)6-2/h9H,5-8H2,1-4H3. The lowest BCUT2D eigenvalue weighted by Crippen LogP contribution is -2.03. The minimum absolute atomic E-state index is 0.525. The molecule has 0 N–H and O–H groups in total. The fourth-order valence-electron chi connectivity index (χ4n) is 1.02. The highest BCUT2D eigenvalue weighted by atomic mass is 14.8. The van der Waals surface area contributed by atoms with Gasteiger partial charge in [0.05, 0.1) is 0 Å². The van der Waals surface area contributed by atoms with Crippen LogP contribution in [-0.4, -0.2) is 11.8 Å². The zero-order valence-corrected chi connectivity index (χ0v) is 8.35. The molecule has 66 valence electrons. The number of hydrogen-bond donors (Lipinski definition) is 0. The molecule has 0 saturated heterocycles. The molecule has 0 aliphatic rings. The molecule has 0 aromatic carbocycles. The van der Waals surface area contributed by atoms with Gasteiger partial charge in [0.15, 0.2) is 0 Å². The van der Waals surface area contributed by atoms with Gasteiger partial charge in [-0.1, -0.05) is 27.2 Å². The molecule has 0 aliphatic carbocycles. The molecule has 0 fully saturated rings. The van der Waals surface area contributed by atoms with Gasteiger partial charge in [-0.2, -0.15) is 0 Å². The van der Waals surface area contributed by atoms with Crippen molar-refractivity contribution in [3.63, 3.8) is 0 Å². The van der Waals surface area contributed by atoms with Gasteiger partial charge in [-0.05, 0) is 26.2 Å². The Labute approximate surface area is 70.9 Å². The summed E-state index contributed by atoms with van der Waals surface area (Å²) in [4.78, 5) is 4.62. The number of nitrogens with zero attached hydrogens (tertiary/aromatic N) is 1. The van der Waals surface area contributed by atoms with Gasteiger partial charge in [-0.15, -0.1) is 0 Å². The van der Waals surface area contributed by atoms with Crippen molar-refractivity contribution in [1.82, 2.24) is 0 Å². The fourth-order valence-corrected chi connectivity index (χ4v) is 1.02. The summed E-state index contributed by atoms with van der Waals surface area (Å²) in [7, 11) is 0. The second-order valence-corrected chi connectivity index (χ2v) is 3.06. The number of aliphatic imine (C=N–C) groups is 1. The monoisotopic (exact) mass is 155 g/mol. The molecular weight excluding hydrogens is 134 g/mol. The third-order valence-corrected chi connectivity index (χ3v) is 1.94. The largest absolute Gasteiger partial charge is 0.291 e. The molecule has 0 rings (SSSR count). The number of rotatable bonds is 5. The molecule has 0 aromatic rings. The molecular formula is C10H21N. The Balaban J connectivity index is 3.88. The van der Waals surface area contributed by atoms with E-state index in [0.29, 0.717) is 6.04 Å². The van der Waals surface area contributed by atoms with E-state index in [4.69, 9.17) is 0 Å². The average Bonchev–Trinajstić information content (AvgIpc) is 2.03. The van der Waals surface area contributed by atoms with E-state index in [9.17, 15) is 0 Å². The van der Waals surface area contributed by atoms with Gasteiger partial charge in [0, 0.05) is 11.8 Å². The Morgan fingerprint density at radius 3 is 2.27 bits per heavy atom. The van der Waals surface area contributed by atoms with Crippen LogP contribution in [-0.2, 0) is 0 Å². The maximum Gasteiger partial charge on any atom is 0.0468 e. The van der Waals surface area contributed by atoms with E-state index < -0.39 is 0 Å². The predicted octanol–water partition coefficient (Wildman–Crippen LogP) is 3.44. The topological polar surface area (TPSA) is 12.4 Å². The van der Waals surface area contributed by atoms with Crippen molar-refractivity contribution >= 4 is 5.71 Å². The molecule has 1 nitrogen and oxygen atoms in total. The first kappa shape index (κ1) is 10.7. The van der Waals surface area contributed by atoms with Gasteiger partial charge in [0.2, 0.25) is 0 Å². The van der Waals surface area contributed by atoms with Gasteiger partial charge in [0.25, 0.3) is 0 Å². The molecule has 0 amide bonds. The summed E-state index contributed by atoms with van der Waals surface area (Å²) < 4.78 is 0. The SMILES string of the molecule is CCCC(CC)=NC(C)CC. The van der Waals surface area contributed by atoms with Crippen molar-refractivity contribution in [2.45, 2.75) is 59.4 Å². The Morgan fingerprint density at radius 2 is 1.91 bits per heavy atom. The Bertz CT molecular complexity index is 116. The van der Waals surface area contributed by atoms with E-state index in [1.165, 1.54) is 18.6 Å². The number of hydrogen-bond acceptors (Lipinski definition) is 1. The van der Waals surface area contributed by atoms with Crippen LogP contribution in [0.2, 0.25) is 0 Å². The maximum absolute atomic E-state index is 4.62. The van der Waals surface area contributed by atoms with Crippen LogP contribution < -0.4 is 0 Å². The summed E-state index contributed by atoms with van der Waals surface area (Å²) in [5, 5.41) is 0. The molecule has 0 spiro atoms. The van der Waals surface area contributed by atoms with Crippen LogP contribution in [0.5, 0.6) is 0 Å². The summed E-state index contributed by atoms with van der Waals surface area (Å²) in [6.07, 6.45) is 4.69. The van der Waals surface area contributed by atoms with E-state index in [2.05, 4.69) is 32.7 Å². The maximum atomic E-state index is 4.62. The van der Waals surface area contributed by atoms with Crippen LogP contribution in [0.25, 0.3) is 0 Å². The normalized spacial score (nSPS) is 15.1. The highest BCUT2D eigenvalue weighted by Crippen LogP contribution is 2.02. The summed E-state index contributed by atoms with van der Waals surface area (Å²) >= 11 is 0. The van der Waals surface area contributed by atoms with E-state index in [1.54, 1.807) is 0 Å². The Hall–Kier alpha value is -0.330. The second-order valence-electron chi connectivity index (χ2n) is 3.06. The first-order valence-electron chi connectivity index (χ1n) is 4.80. The Kier molecular flexibility index (Phi) is 6.19. The van der Waals surface area contributed by atoms with Gasteiger partial charge in [0.1, 0.15) is 0 Å². The van der Waals surface area contributed by atoms with Gasteiger partial charge >= 0.3 is 0 Å². The van der Waals surface area contributed by atoms with Crippen LogP contribution in [0.15, 0.2) is 4.99 Å². The predicted molar refractivity (Wildman–Crippen MR) is 52.4 cm³/mol. The summed E-state index contributed by atoms with van der Waals surface area (Å²) in [6.45, 7) is 8.78. The third kappa shape index (κ3) is 5.00. The van der Waals surface area contributed by atoms with Crippen LogP contribution in [0.3, 0.4) is 0 Å². The molecule has 0 aliphatic heterocycles. The first-order chi connectivity index (χ1) is 5.24. The van der Waals surface area contributed by atoms with Crippen molar-refractivity contribution in [2.75, 3.05) is 0 Å². The fraction of sp³-hybridized carbons (Fsp3) is 0.900. The molecule has 11 heavy (non-hydrogen) atoms. The molecule has 0 aromatic heterocycles. The molecule has 1 heteroatoms. The molecule has 1 atom stereocenters. The van der Waals surface area contributed by atoms with Crippen LogP contribution in [0, 0.1) is 0 Å². The van der Waals surface area contributed by atoms with Gasteiger partial charge < -0.3 is 0 Å². The highest BCUT2D eigenvalue weighted by molar-refractivity contribution is 5.84. The molecule has 0 heterocycles. The van der Waals surface area contributed by atoms with Gasteiger partial charge in [-0.3, -0.25) is 4.99 Å². The molecule has 0 bridgehead atoms. The van der Waals surface area contributed by atoms with Gasteiger partial charge in [-0.25, -0.2) is 0 Å². The zero-order valence-electron chi connectivity index (χ0n) is 8.35. The molecule has 0 saturated carbocycles. The minimum Gasteiger partial charge on any atom is -0.291 e. The van der Waals surface area contributed by atoms with Crippen molar-refractivity contribution < 1.29 is 0 Å². The first-order valence-corrected chi connectivity index (χ1v) is 4.80. The zero-order chi connectivity index (χ0) is 8.69. The van der Waals surface area contributed by atoms with Crippen molar-refractivity contribution in [3.8, 4) is 0 Å². The lowest BCUT2D eigenvalue weighted by atomic mass is 10.1. The molecule has 0 radical (unpaired) electrons. The van der Waals surface area contributed by atoms with Crippen LogP contribution in [0.4, 0.5) is 0 Å². The lowest BCUT2D eigenvalue weighted by Gasteiger charge is -2.06. The molecule has 1 unspecified atom stereocenters. The average molecular weight is 155 g/mol. The van der Waals surface area contributed by atoms with Crippen LogP contribution >= 0.6 is 0 Å². The summed E-state index contributed by atoms with van der Waals surface area (Å²) in [5.41, 5.74) is 1.39. The van der Waals surface area contributed by atoms with E-state index in [-0.39, 0.29) is 0 Å². The second kappa shape index (κ2) is 6.38. The Morgan fingerprint density at radius 1 is 1.27 bits per heavy atom. The third-order valence-electron chi connectivity index (χ3n) is 1.94. The minimum atomic E-state index is 0.525. The van der Waals surface area contributed by atoms with E-state index in [1.807, 2.05) is 0 Å². The van der Waals surface area contributed by atoms with E-state index >= 15 is 0 Å². The summed E-state index contributed by atoms with van der Waals surface area (Å²) in [6, 6.07) is 0.525. The lowest BCUT2D eigenvalue weighted by molar-refractivity contribution is 0.709. The van der Waals surface area contributed by atoms with Crippen molar-refractivity contribution in [2.24, 2.45) is 4.99 Å². The summed E-state index contributed by atoms with van der Waals surface area (Å²) in [5.74, 6) is 0. The highest BCUT2D eigenvalue weighted by Gasteiger charge is 1.97. The quantitative estimate of drug-likeness (QED) is 0.539. The van der Waals surface area contributed by atoms with Crippen molar-refractivity contribution in [3.05, 3.63) is 0 Å². The van der Waals surface area contributed by atoms with Crippen LogP contribution in [0.1, 0.15) is 53.4 Å². The van der Waals surface area contributed by atoms with Crippen molar-refractivity contribution in [1.29, 1.82) is 0 Å².